The van der Waals surface area contributed by atoms with Crippen LogP contribution in [0.25, 0.3) is 0 Å². The lowest BCUT2D eigenvalue weighted by Gasteiger charge is -2.18. The van der Waals surface area contributed by atoms with Gasteiger partial charge < -0.3 is 10.2 Å². The molecular formula is C9H22N2. The van der Waals surface area contributed by atoms with Crippen molar-refractivity contribution in [1.29, 1.82) is 0 Å². The predicted molar refractivity (Wildman–Crippen MR) is 50.9 cm³/mol. The molecule has 0 atom stereocenters. The zero-order chi connectivity index (χ0) is 8.53. The van der Waals surface area contributed by atoms with Gasteiger partial charge in [-0.2, -0.15) is 0 Å². The van der Waals surface area contributed by atoms with Gasteiger partial charge in [0.2, 0.25) is 0 Å². The third-order valence-electron chi connectivity index (χ3n) is 1.89. The van der Waals surface area contributed by atoms with Crippen molar-refractivity contribution in [3.63, 3.8) is 0 Å². The van der Waals surface area contributed by atoms with Crippen LogP contribution in [0.3, 0.4) is 0 Å². The molecule has 0 aromatic rings. The highest BCUT2D eigenvalue weighted by atomic mass is 15.1. The molecule has 0 aliphatic carbocycles. The lowest BCUT2D eigenvalue weighted by atomic mass is 10.3. The Morgan fingerprint density at radius 1 is 1.18 bits per heavy atom. The van der Waals surface area contributed by atoms with Crippen molar-refractivity contribution >= 4 is 0 Å². The minimum absolute atomic E-state index is 1.14. The minimum Gasteiger partial charge on any atom is -0.320 e. The molecule has 0 aliphatic heterocycles. The number of nitrogens with one attached hydrogen (secondary N) is 1. The van der Waals surface area contributed by atoms with Crippen LogP contribution in [0, 0.1) is 0 Å². The van der Waals surface area contributed by atoms with E-state index in [1.54, 1.807) is 0 Å². The maximum atomic E-state index is 3.16. The highest BCUT2D eigenvalue weighted by Crippen LogP contribution is 1.92. The van der Waals surface area contributed by atoms with Crippen molar-refractivity contribution in [1.82, 2.24) is 10.2 Å². The third-order valence-corrected chi connectivity index (χ3v) is 1.89. The molecule has 11 heavy (non-hydrogen) atoms. The van der Waals surface area contributed by atoms with Gasteiger partial charge in [-0.3, -0.25) is 0 Å². The molecule has 0 aromatic carbocycles. The van der Waals surface area contributed by atoms with Crippen LogP contribution in [0.15, 0.2) is 0 Å². The Morgan fingerprint density at radius 2 is 1.91 bits per heavy atom. The van der Waals surface area contributed by atoms with Gasteiger partial charge in [-0.05, 0) is 46.1 Å². The Morgan fingerprint density at radius 3 is 2.36 bits per heavy atom. The van der Waals surface area contributed by atoms with Gasteiger partial charge in [0, 0.05) is 0 Å². The summed E-state index contributed by atoms with van der Waals surface area (Å²) in [6.45, 7) is 9.29. The van der Waals surface area contributed by atoms with Crippen LogP contribution in [0.4, 0.5) is 0 Å². The van der Waals surface area contributed by atoms with Crippen molar-refractivity contribution in [2.45, 2.75) is 26.7 Å². The van der Waals surface area contributed by atoms with E-state index in [0.29, 0.717) is 0 Å². The molecule has 0 unspecified atom stereocenters. The van der Waals surface area contributed by atoms with E-state index in [-0.39, 0.29) is 0 Å². The summed E-state index contributed by atoms with van der Waals surface area (Å²) in [5.41, 5.74) is 0. The van der Waals surface area contributed by atoms with Crippen molar-refractivity contribution < 1.29 is 0 Å². The van der Waals surface area contributed by atoms with Crippen LogP contribution in [0.1, 0.15) is 26.7 Å². The Kier molecular flexibility index (Phi) is 7.96. The van der Waals surface area contributed by atoms with Crippen molar-refractivity contribution in [3.8, 4) is 0 Å². The van der Waals surface area contributed by atoms with E-state index in [1.807, 2.05) is 7.05 Å². The molecule has 0 radical (unpaired) electrons. The number of hydrogen-bond acceptors (Lipinski definition) is 2. The van der Waals surface area contributed by atoms with Gasteiger partial charge in [0.15, 0.2) is 0 Å². The molecule has 0 bridgehead atoms. The van der Waals surface area contributed by atoms with E-state index in [9.17, 15) is 0 Å². The lowest BCUT2D eigenvalue weighted by Crippen LogP contribution is -2.27. The van der Waals surface area contributed by atoms with Gasteiger partial charge in [0.05, 0.1) is 0 Å². The molecule has 68 valence electrons. The number of hydrogen-bond donors (Lipinski definition) is 1. The summed E-state index contributed by atoms with van der Waals surface area (Å²) < 4.78 is 0. The molecule has 0 fully saturated rings. The van der Waals surface area contributed by atoms with Crippen LogP contribution in [-0.2, 0) is 0 Å². The second-order valence-corrected chi connectivity index (χ2v) is 2.89. The van der Waals surface area contributed by atoms with Gasteiger partial charge in [0.25, 0.3) is 0 Å². The van der Waals surface area contributed by atoms with Crippen LogP contribution in [0.2, 0.25) is 0 Å². The largest absolute Gasteiger partial charge is 0.320 e. The SMILES string of the molecule is CCCN(CC)CCCNC. The standard InChI is InChI=1S/C9H22N2/c1-4-8-11(5-2)9-6-7-10-3/h10H,4-9H2,1-3H3. The molecule has 0 aromatic heterocycles. The van der Waals surface area contributed by atoms with E-state index in [2.05, 4.69) is 24.1 Å². The first-order chi connectivity index (χ1) is 5.35. The highest BCUT2D eigenvalue weighted by molar-refractivity contribution is 4.54. The smallest absolute Gasteiger partial charge is 0.000676 e. The van der Waals surface area contributed by atoms with Gasteiger partial charge in [0.1, 0.15) is 0 Å². The maximum Gasteiger partial charge on any atom is -0.000676 e. The van der Waals surface area contributed by atoms with Crippen molar-refractivity contribution in [2.75, 3.05) is 33.2 Å². The molecule has 0 saturated carbocycles. The summed E-state index contributed by atoms with van der Waals surface area (Å²) in [5.74, 6) is 0. The Labute approximate surface area is 71.0 Å². The van der Waals surface area contributed by atoms with Crippen LogP contribution >= 0.6 is 0 Å². The van der Waals surface area contributed by atoms with E-state index < -0.39 is 0 Å². The summed E-state index contributed by atoms with van der Waals surface area (Å²) in [5, 5.41) is 3.16. The summed E-state index contributed by atoms with van der Waals surface area (Å²) in [6, 6.07) is 0. The van der Waals surface area contributed by atoms with Gasteiger partial charge in [-0.25, -0.2) is 0 Å². The molecule has 0 aliphatic rings. The zero-order valence-electron chi connectivity index (χ0n) is 8.19. The third kappa shape index (κ3) is 6.32. The molecule has 2 nitrogen and oxygen atoms in total. The van der Waals surface area contributed by atoms with E-state index in [0.717, 1.165) is 6.54 Å². The molecule has 0 rings (SSSR count). The molecule has 0 saturated heterocycles. The van der Waals surface area contributed by atoms with Gasteiger partial charge >= 0.3 is 0 Å². The van der Waals surface area contributed by atoms with E-state index >= 15 is 0 Å². The minimum atomic E-state index is 1.14. The molecular weight excluding hydrogens is 136 g/mol. The first kappa shape index (κ1) is 10.9. The van der Waals surface area contributed by atoms with Crippen LogP contribution in [0.5, 0.6) is 0 Å². The average Bonchev–Trinajstić information content (AvgIpc) is 2.03. The van der Waals surface area contributed by atoms with Crippen molar-refractivity contribution in [2.24, 2.45) is 0 Å². The Hall–Kier alpha value is -0.0800. The van der Waals surface area contributed by atoms with E-state index in [1.165, 1.54) is 32.5 Å². The first-order valence-corrected chi connectivity index (χ1v) is 4.72. The summed E-state index contributed by atoms with van der Waals surface area (Å²) in [4.78, 5) is 2.50. The normalized spacial score (nSPS) is 10.9. The molecule has 0 heterocycles. The molecule has 2 heteroatoms. The topological polar surface area (TPSA) is 15.3 Å². The quantitative estimate of drug-likeness (QED) is 0.562. The zero-order valence-corrected chi connectivity index (χ0v) is 8.19. The van der Waals surface area contributed by atoms with E-state index in [4.69, 9.17) is 0 Å². The second-order valence-electron chi connectivity index (χ2n) is 2.89. The molecule has 1 N–H and O–H groups in total. The monoisotopic (exact) mass is 158 g/mol. The summed E-state index contributed by atoms with van der Waals surface area (Å²) in [6.07, 6.45) is 2.54. The Balaban J connectivity index is 3.20. The van der Waals surface area contributed by atoms with Gasteiger partial charge in [-0.1, -0.05) is 13.8 Å². The number of rotatable bonds is 7. The maximum absolute atomic E-state index is 3.16. The Bertz CT molecular complexity index is 74.0. The molecule has 0 spiro atoms. The van der Waals surface area contributed by atoms with Crippen LogP contribution in [-0.4, -0.2) is 38.1 Å². The second kappa shape index (κ2) is 8.02. The first-order valence-electron chi connectivity index (χ1n) is 4.72. The average molecular weight is 158 g/mol. The lowest BCUT2D eigenvalue weighted by molar-refractivity contribution is 0.284. The summed E-state index contributed by atoms with van der Waals surface area (Å²) in [7, 11) is 2.01. The fourth-order valence-electron chi connectivity index (χ4n) is 1.22. The summed E-state index contributed by atoms with van der Waals surface area (Å²) >= 11 is 0. The van der Waals surface area contributed by atoms with Gasteiger partial charge in [-0.15, -0.1) is 0 Å². The fraction of sp³-hybridized carbons (Fsp3) is 1.00. The predicted octanol–water partition coefficient (Wildman–Crippen LogP) is 1.33. The van der Waals surface area contributed by atoms with Crippen LogP contribution < -0.4 is 5.32 Å². The van der Waals surface area contributed by atoms with Crippen molar-refractivity contribution in [3.05, 3.63) is 0 Å². The number of nitrogens with zero attached hydrogens (tertiary/aromatic N) is 1. The highest BCUT2D eigenvalue weighted by Gasteiger charge is 1.98. The fourth-order valence-corrected chi connectivity index (χ4v) is 1.22. The molecule has 0 amide bonds.